The van der Waals surface area contributed by atoms with E-state index in [0.29, 0.717) is 17.5 Å². The molecule has 5 rings (SSSR count). The molecule has 0 spiro atoms. The van der Waals surface area contributed by atoms with E-state index in [1.807, 2.05) is 30.6 Å². The minimum absolute atomic E-state index is 0.173. The number of fused-ring (bicyclic) bond motifs is 2. The highest BCUT2D eigenvalue weighted by molar-refractivity contribution is 7.22. The van der Waals surface area contributed by atoms with Gasteiger partial charge in [0.25, 0.3) is 0 Å². The number of pyridine rings is 1. The van der Waals surface area contributed by atoms with Crippen molar-refractivity contribution in [3.63, 3.8) is 0 Å². The van der Waals surface area contributed by atoms with Gasteiger partial charge in [-0.25, -0.2) is 4.98 Å². The van der Waals surface area contributed by atoms with Crippen LogP contribution in [0.5, 0.6) is 0 Å². The first-order valence-electron chi connectivity index (χ1n) is 9.84. The first kappa shape index (κ1) is 17.4. The van der Waals surface area contributed by atoms with Crippen molar-refractivity contribution < 1.29 is 4.79 Å². The van der Waals surface area contributed by atoms with Crippen LogP contribution in [0, 0.1) is 5.92 Å². The number of carbonyl (C=O) groups is 1. The number of benzene rings is 1. The van der Waals surface area contributed by atoms with E-state index in [1.54, 1.807) is 4.57 Å². The van der Waals surface area contributed by atoms with Crippen LogP contribution < -0.4 is 5.73 Å². The molecule has 1 aromatic carbocycles. The normalized spacial score (nSPS) is 15.4. The van der Waals surface area contributed by atoms with Crippen LogP contribution in [-0.2, 0) is 0 Å². The number of aromatic nitrogens is 3. The van der Waals surface area contributed by atoms with E-state index in [-0.39, 0.29) is 5.91 Å². The number of nitrogens with zero attached hydrogens (tertiary/aromatic N) is 3. The van der Waals surface area contributed by atoms with Crippen molar-refractivity contribution in [2.45, 2.75) is 38.5 Å². The first-order valence-corrected chi connectivity index (χ1v) is 10.7. The second-order valence-electron chi connectivity index (χ2n) is 7.65. The molecule has 0 atom stereocenters. The summed E-state index contributed by atoms with van der Waals surface area (Å²) in [5, 5.41) is 0.572. The SMILES string of the molecule is Nc1nc2ccc(-c3cnc4ccn(C(=O)CC5CCCCC5)c4c3)cc2s1. The molecule has 0 aliphatic heterocycles. The first-order chi connectivity index (χ1) is 13.7. The molecule has 0 bridgehead atoms. The fourth-order valence-electron chi connectivity index (χ4n) is 4.24. The largest absolute Gasteiger partial charge is 0.375 e. The second kappa shape index (κ2) is 7.02. The molecule has 2 N–H and O–H groups in total. The Kier molecular flexibility index (Phi) is 4.36. The van der Waals surface area contributed by atoms with Gasteiger partial charge in [0.2, 0.25) is 5.91 Å². The lowest BCUT2D eigenvalue weighted by Crippen LogP contribution is -2.16. The van der Waals surface area contributed by atoms with Crippen molar-refractivity contribution in [3.8, 4) is 11.1 Å². The third kappa shape index (κ3) is 3.18. The van der Waals surface area contributed by atoms with Crippen LogP contribution in [0.1, 0.15) is 43.3 Å². The fraction of sp³-hybridized carbons (Fsp3) is 0.318. The van der Waals surface area contributed by atoms with Gasteiger partial charge in [0.15, 0.2) is 5.13 Å². The zero-order valence-corrected chi connectivity index (χ0v) is 16.4. The van der Waals surface area contributed by atoms with Crippen LogP contribution in [0.2, 0.25) is 0 Å². The molecular weight excluding hydrogens is 368 g/mol. The number of carbonyl (C=O) groups excluding carboxylic acids is 1. The van der Waals surface area contributed by atoms with Crippen LogP contribution in [-0.4, -0.2) is 20.4 Å². The summed E-state index contributed by atoms with van der Waals surface area (Å²) in [7, 11) is 0. The van der Waals surface area contributed by atoms with Gasteiger partial charge in [-0.05, 0) is 48.6 Å². The van der Waals surface area contributed by atoms with Gasteiger partial charge < -0.3 is 5.73 Å². The average molecular weight is 391 g/mol. The number of hydrogen-bond donors (Lipinski definition) is 1. The molecule has 1 aliphatic carbocycles. The maximum absolute atomic E-state index is 12.9. The van der Waals surface area contributed by atoms with Crippen molar-refractivity contribution in [3.05, 3.63) is 42.7 Å². The monoisotopic (exact) mass is 390 g/mol. The molecule has 28 heavy (non-hydrogen) atoms. The number of nitrogens with two attached hydrogens (primary N) is 1. The molecule has 0 amide bonds. The molecule has 3 heterocycles. The van der Waals surface area contributed by atoms with E-state index in [9.17, 15) is 4.79 Å². The molecule has 5 nitrogen and oxygen atoms in total. The molecule has 142 valence electrons. The summed E-state index contributed by atoms with van der Waals surface area (Å²) in [6.45, 7) is 0. The Balaban J connectivity index is 1.49. The molecule has 0 unspecified atom stereocenters. The van der Waals surface area contributed by atoms with Gasteiger partial charge in [0.05, 0.1) is 21.3 Å². The summed E-state index contributed by atoms with van der Waals surface area (Å²) < 4.78 is 2.84. The standard InChI is InChI=1S/C22H22N4OS/c23-22-25-18-7-6-15(12-20(18)28-22)16-11-19-17(24-13-16)8-9-26(19)21(27)10-14-4-2-1-3-5-14/h6-9,11-14H,1-5,10H2,(H2,23,25). The van der Waals surface area contributed by atoms with Crippen molar-refractivity contribution in [1.82, 2.24) is 14.5 Å². The van der Waals surface area contributed by atoms with Crippen molar-refractivity contribution in [2.24, 2.45) is 5.92 Å². The van der Waals surface area contributed by atoms with E-state index >= 15 is 0 Å². The second-order valence-corrected chi connectivity index (χ2v) is 8.71. The molecule has 3 aromatic heterocycles. The van der Waals surface area contributed by atoms with Crippen molar-refractivity contribution in [2.75, 3.05) is 5.73 Å². The quantitative estimate of drug-likeness (QED) is 0.501. The van der Waals surface area contributed by atoms with Gasteiger partial charge >= 0.3 is 0 Å². The molecule has 1 saturated carbocycles. The van der Waals surface area contributed by atoms with Gasteiger partial charge in [-0.2, -0.15) is 0 Å². The zero-order valence-electron chi connectivity index (χ0n) is 15.6. The van der Waals surface area contributed by atoms with Gasteiger partial charge in [-0.3, -0.25) is 14.3 Å². The van der Waals surface area contributed by atoms with Crippen LogP contribution in [0.25, 0.3) is 32.4 Å². The number of thiazole rings is 1. The summed E-state index contributed by atoms with van der Waals surface area (Å²) in [6, 6.07) is 10.1. The maximum Gasteiger partial charge on any atom is 0.231 e. The van der Waals surface area contributed by atoms with E-state index < -0.39 is 0 Å². The van der Waals surface area contributed by atoms with Crippen LogP contribution in [0.4, 0.5) is 5.13 Å². The minimum Gasteiger partial charge on any atom is -0.375 e. The van der Waals surface area contributed by atoms with Crippen LogP contribution in [0.15, 0.2) is 42.7 Å². The van der Waals surface area contributed by atoms with Crippen LogP contribution in [0.3, 0.4) is 0 Å². The molecule has 1 fully saturated rings. The van der Waals surface area contributed by atoms with E-state index in [0.717, 1.165) is 32.4 Å². The topological polar surface area (TPSA) is 73.8 Å². The lowest BCUT2D eigenvalue weighted by molar-refractivity contribution is 0.0873. The Morgan fingerprint density at radius 2 is 1.96 bits per heavy atom. The predicted octanol–water partition coefficient (Wildman–Crippen LogP) is 5.51. The Hall–Kier alpha value is -2.73. The summed E-state index contributed by atoms with van der Waals surface area (Å²) in [6.07, 6.45) is 10.5. The number of hydrogen-bond acceptors (Lipinski definition) is 5. The predicted molar refractivity (Wildman–Crippen MR) is 115 cm³/mol. The molecule has 4 aromatic rings. The smallest absolute Gasteiger partial charge is 0.231 e. The average Bonchev–Trinajstić information content (AvgIpc) is 3.29. The molecule has 0 saturated heterocycles. The highest BCUT2D eigenvalue weighted by Crippen LogP contribution is 2.31. The Morgan fingerprint density at radius 3 is 2.82 bits per heavy atom. The minimum atomic E-state index is 0.173. The summed E-state index contributed by atoms with van der Waals surface area (Å²) in [4.78, 5) is 21.8. The number of nitrogen functional groups attached to an aromatic ring is 1. The summed E-state index contributed by atoms with van der Waals surface area (Å²) >= 11 is 1.48. The van der Waals surface area contributed by atoms with Gasteiger partial charge in [0, 0.05) is 24.4 Å². The third-order valence-electron chi connectivity index (χ3n) is 5.73. The lowest BCUT2D eigenvalue weighted by atomic mass is 9.87. The van der Waals surface area contributed by atoms with E-state index in [1.165, 1.54) is 43.4 Å². The molecule has 6 heteroatoms. The van der Waals surface area contributed by atoms with Gasteiger partial charge in [-0.15, -0.1) is 0 Å². The molecule has 1 aliphatic rings. The van der Waals surface area contributed by atoms with E-state index in [2.05, 4.69) is 22.1 Å². The number of anilines is 1. The van der Waals surface area contributed by atoms with Gasteiger partial charge in [-0.1, -0.05) is 36.7 Å². The highest BCUT2D eigenvalue weighted by atomic mass is 32.1. The van der Waals surface area contributed by atoms with Crippen LogP contribution >= 0.6 is 11.3 Å². The highest BCUT2D eigenvalue weighted by Gasteiger charge is 2.19. The van der Waals surface area contributed by atoms with Crippen molar-refractivity contribution in [1.29, 1.82) is 0 Å². The maximum atomic E-state index is 12.9. The fourth-order valence-corrected chi connectivity index (χ4v) is 5.02. The van der Waals surface area contributed by atoms with E-state index in [4.69, 9.17) is 5.73 Å². The van der Waals surface area contributed by atoms with Crippen molar-refractivity contribution >= 4 is 43.6 Å². The zero-order chi connectivity index (χ0) is 19.1. The molecular formula is C22H22N4OS. The van der Waals surface area contributed by atoms with Gasteiger partial charge in [0.1, 0.15) is 0 Å². The summed E-state index contributed by atoms with van der Waals surface area (Å²) in [5.74, 6) is 0.695. The Labute approximate surface area is 167 Å². The number of rotatable bonds is 3. The summed E-state index contributed by atoms with van der Waals surface area (Å²) in [5.41, 5.74) is 10.5. The Morgan fingerprint density at radius 1 is 1.11 bits per heavy atom. The lowest BCUT2D eigenvalue weighted by Gasteiger charge is -2.20. The molecule has 0 radical (unpaired) electrons. The third-order valence-corrected chi connectivity index (χ3v) is 6.58. The Bertz CT molecular complexity index is 1170.